The van der Waals surface area contributed by atoms with E-state index < -0.39 is 12.2 Å². The van der Waals surface area contributed by atoms with Crippen molar-refractivity contribution in [2.75, 3.05) is 0 Å². The second-order valence-electron chi connectivity index (χ2n) is 6.33. The van der Waals surface area contributed by atoms with Crippen molar-refractivity contribution >= 4 is 12.2 Å². The molecule has 3 aromatic rings. The normalized spacial score (nSPS) is 10.3. The van der Waals surface area contributed by atoms with E-state index in [9.17, 15) is 9.59 Å². The van der Waals surface area contributed by atoms with E-state index in [1.165, 1.54) is 4.57 Å². The van der Waals surface area contributed by atoms with Crippen LogP contribution in [-0.4, -0.2) is 16.8 Å². The lowest BCUT2D eigenvalue weighted by atomic mass is 10.2. The van der Waals surface area contributed by atoms with Gasteiger partial charge in [0, 0.05) is 11.9 Å². The molecule has 1 N–H and O–H groups in total. The first-order valence-electron chi connectivity index (χ1n) is 8.95. The standard InChI is InChI=1S/C22H22N2O4/c1-17-12-20(13-23-21(25)27-15-18-8-4-2-5-9-18)24(14-17)22(26)28-16-19-10-6-3-7-11-19/h2-12,14H,13,15-16H2,1H3,(H,23,25). The van der Waals surface area contributed by atoms with Crippen molar-refractivity contribution in [3.63, 3.8) is 0 Å². The molecule has 0 spiro atoms. The van der Waals surface area contributed by atoms with Crippen LogP contribution in [0.4, 0.5) is 9.59 Å². The number of aromatic nitrogens is 1. The highest BCUT2D eigenvalue weighted by atomic mass is 16.6. The summed E-state index contributed by atoms with van der Waals surface area (Å²) in [5, 5.41) is 2.66. The molecule has 0 aliphatic carbocycles. The number of carbonyl (C=O) groups is 2. The largest absolute Gasteiger partial charge is 0.445 e. The summed E-state index contributed by atoms with van der Waals surface area (Å²) < 4.78 is 11.9. The van der Waals surface area contributed by atoms with Crippen LogP contribution in [-0.2, 0) is 29.2 Å². The fourth-order valence-corrected chi connectivity index (χ4v) is 2.69. The van der Waals surface area contributed by atoms with Crippen LogP contribution in [0.3, 0.4) is 0 Å². The van der Waals surface area contributed by atoms with Crippen molar-refractivity contribution in [3.05, 3.63) is 95.3 Å². The molecule has 0 saturated carbocycles. The third-order valence-corrected chi connectivity index (χ3v) is 4.06. The van der Waals surface area contributed by atoms with Crippen LogP contribution in [0.1, 0.15) is 22.4 Å². The number of rotatable bonds is 6. The lowest BCUT2D eigenvalue weighted by Gasteiger charge is -2.10. The molecule has 6 heteroatoms. The summed E-state index contributed by atoms with van der Waals surface area (Å²) in [6.45, 7) is 2.40. The maximum Gasteiger partial charge on any atom is 0.418 e. The molecular formula is C22H22N2O4. The summed E-state index contributed by atoms with van der Waals surface area (Å²) in [5.41, 5.74) is 3.32. The lowest BCUT2D eigenvalue weighted by molar-refractivity contribution is 0.135. The Hall–Kier alpha value is -3.54. The number of aryl methyl sites for hydroxylation is 1. The second kappa shape index (κ2) is 9.41. The SMILES string of the molecule is Cc1cc(CNC(=O)OCc2ccccc2)n(C(=O)OCc2ccccc2)c1. The first-order chi connectivity index (χ1) is 13.6. The van der Waals surface area contributed by atoms with Gasteiger partial charge in [0.25, 0.3) is 0 Å². The van der Waals surface area contributed by atoms with Crippen LogP contribution < -0.4 is 5.32 Å². The molecule has 0 saturated heterocycles. The van der Waals surface area contributed by atoms with Crippen LogP contribution in [0, 0.1) is 6.92 Å². The quantitative estimate of drug-likeness (QED) is 0.690. The van der Waals surface area contributed by atoms with Crippen LogP contribution in [0.5, 0.6) is 0 Å². The highest BCUT2D eigenvalue weighted by molar-refractivity contribution is 5.72. The van der Waals surface area contributed by atoms with E-state index in [-0.39, 0.29) is 19.8 Å². The van der Waals surface area contributed by atoms with Crippen LogP contribution in [0.15, 0.2) is 72.9 Å². The number of nitrogens with zero attached hydrogens (tertiary/aromatic N) is 1. The van der Waals surface area contributed by atoms with Gasteiger partial charge in [0.1, 0.15) is 13.2 Å². The van der Waals surface area contributed by atoms with Gasteiger partial charge in [-0.2, -0.15) is 0 Å². The number of alkyl carbamates (subject to hydrolysis) is 1. The molecule has 1 amide bonds. The zero-order valence-corrected chi connectivity index (χ0v) is 15.6. The lowest BCUT2D eigenvalue weighted by Crippen LogP contribution is -2.26. The van der Waals surface area contributed by atoms with Crippen molar-refractivity contribution in [1.29, 1.82) is 0 Å². The summed E-state index contributed by atoms with van der Waals surface area (Å²) >= 11 is 0. The molecule has 0 atom stereocenters. The Bertz CT molecular complexity index is 920. The smallest absolute Gasteiger partial charge is 0.418 e. The summed E-state index contributed by atoms with van der Waals surface area (Å²) in [5.74, 6) is 0. The second-order valence-corrected chi connectivity index (χ2v) is 6.33. The average molecular weight is 378 g/mol. The van der Waals surface area contributed by atoms with E-state index >= 15 is 0 Å². The van der Waals surface area contributed by atoms with E-state index in [0.29, 0.717) is 5.69 Å². The number of amides is 1. The Kier molecular flexibility index (Phi) is 6.46. The number of hydrogen-bond donors (Lipinski definition) is 1. The van der Waals surface area contributed by atoms with Crippen LogP contribution in [0.25, 0.3) is 0 Å². The minimum absolute atomic E-state index is 0.155. The maximum atomic E-state index is 12.4. The van der Waals surface area contributed by atoms with E-state index in [1.807, 2.05) is 73.7 Å². The third-order valence-electron chi connectivity index (χ3n) is 4.06. The maximum absolute atomic E-state index is 12.4. The van der Waals surface area contributed by atoms with Gasteiger partial charge >= 0.3 is 12.2 Å². The van der Waals surface area contributed by atoms with Gasteiger partial charge in [-0.25, -0.2) is 9.59 Å². The number of hydrogen-bond acceptors (Lipinski definition) is 4. The predicted octanol–water partition coefficient (Wildman–Crippen LogP) is 4.41. The fraction of sp³-hybridized carbons (Fsp3) is 0.182. The summed E-state index contributed by atoms with van der Waals surface area (Å²) in [6.07, 6.45) is 0.637. The minimum Gasteiger partial charge on any atom is -0.445 e. The van der Waals surface area contributed by atoms with E-state index in [1.54, 1.807) is 6.20 Å². The molecule has 2 aromatic carbocycles. The van der Waals surface area contributed by atoms with Crippen molar-refractivity contribution in [2.24, 2.45) is 0 Å². The highest BCUT2D eigenvalue weighted by Gasteiger charge is 2.14. The van der Waals surface area contributed by atoms with Crippen LogP contribution >= 0.6 is 0 Å². The van der Waals surface area contributed by atoms with Gasteiger partial charge < -0.3 is 14.8 Å². The summed E-state index contributed by atoms with van der Waals surface area (Å²) in [6, 6.07) is 20.7. The van der Waals surface area contributed by atoms with Gasteiger partial charge in [-0.1, -0.05) is 60.7 Å². The van der Waals surface area contributed by atoms with Gasteiger partial charge in [0.05, 0.1) is 6.54 Å². The number of carbonyl (C=O) groups excluding carboxylic acids is 2. The Labute approximate surface area is 163 Å². The molecular weight excluding hydrogens is 356 g/mol. The highest BCUT2D eigenvalue weighted by Crippen LogP contribution is 2.10. The van der Waals surface area contributed by atoms with Crippen molar-refractivity contribution in [1.82, 2.24) is 9.88 Å². The molecule has 0 aliphatic heterocycles. The zero-order chi connectivity index (χ0) is 19.8. The fourth-order valence-electron chi connectivity index (χ4n) is 2.69. The van der Waals surface area contributed by atoms with E-state index in [0.717, 1.165) is 16.7 Å². The zero-order valence-electron chi connectivity index (χ0n) is 15.6. The van der Waals surface area contributed by atoms with Gasteiger partial charge in [0.15, 0.2) is 0 Å². The third kappa shape index (κ3) is 5.48. The molecule has 1 heterocycles. The molecule has 0 unspecified atom stereocenters. The molecule has 0 radical (unpaired) electrons. The molecule has 0 fully saturated rings. The number of nitrogens with one attached hydrogen (secondary N) is 1. The average Bonchev–Trinajstić information content (AvgIpc) is 3.11. The van der Waals surface area contributed by atoms with Crippen molar-refractivity contribution in [3.8, 4) is 0 Å². The molecule has 0 bridgehead atoms. The molecule has 3 rings (SSSR count). The van der Waals surface area contributed by atoms with Gasteiger partial charge in [-0.15, -0.1) is 0 Å². The Morgan fingerprint density at radius 1 is 0.893 bits per heavy atom. The number of benzene rings is 2. The Morgan fingerprint density at radius 2 is 1.46 bits per heavy atom. The molecule has 1 aromatic heterocycles. The molecule has 6 nitrogen and oxygen atoms in total. The van der Waals surface area contributed by atoms with Crippen LogP contribution in [0.2, 0.25) is 0 Å². The monoisotopic (exact) mass is 378 g/mol. The van der Waals surface area contributed by atoms with Gasteiger partial charge in [0.2, 0.25) is 0 Å². The van der Waals surface area contributed by atoms with Crippen molar-refractivity contribution < 1.29 is 19.1 Å². The first-order valence-corrected chi connectivity index (χ1v) is 8.95. The molecule has 28 heavy (non-hydrogen) atoms. The summed E-state index contributed by atoms with van der Waals surface area (Å²) in [7, 11) is 0. The number of ether oxygens (including phenoxy) is 2. The van der Waals surface area contributed by atoms with Gasteiger partial charge in [-0.3, -0.25) is 4.57 Å². The van der Waals surface area contributed by atoms with E-state index in [2.05, 4.69) is 5.32 Å². The van der Waals surface area contributed by atoms with Gasteiger partial charge in [-0.05, 0) is 29.7 Å². The summed E-state index contributed by atoms with van der Waals surface area (Å²) in [4.78, 5) is 24.3. The Balaban J connectivity index is 1.53. The Morgan fingerprint density at radius 3 is 2.07 bits per heavy atom. The molecule has 144 valence electrons. The predicted molar refractivity (Wildman–Crippen MR) is 105 cm³/mol. The molecule has 0 aliphatic rings. The minimum atomic E-state index is -0.549. The first kappa shape index (κ1) is 19.2. The van der Waals surface area contributed by atoms with Crippen molar-refractivity contribution in [2.45, 2.75) is 26.7 Å². The topological polar surface area (TPSA) is 69.6 Å². The van der Waals surface area contributed by atoms with E-state index in [4.69, 9.17) is 9.47 Å².